The molecule has 1 amide bonds. The van der Waals surface area contributed by atoms with Crippen LogP contribution >= 0.6 is 0 Å². The van der Waals surface area contributed by atoms with Crippen molar-refractivity contribution >= 4 is 11.9 Å². The summed E-state index contributed by atoms with van der Waals surface area (Å²) in [5.41, 5.74) is 6.45. The van der Waals surface area contributed by atoms with Crippen molar-refractivity contribution in [1.29, 1.82) is 0 Å². The van der Waals surface area contributed by atoms with Gasteiger partial charge < -0.3 is 10.5 Å². The number of ether oxygens (including phenoxy) is 1. The van der Waals surface area contributed by atoms with Crippen molar-refractivity contribution in [2.75, 3.05) is 0 Å². The summed E-state index contributed by atoms with van der Waals surface area (Å²) in [6.07, 6.45) is 1.63. The molecule has 3 rings (SSSR count). The Morgan fingerprint density at radius 2 is 2.08 bits per heavy atom. The van der Waals surface area contributed by atoms with Gasteiger partial charge in [0, 0.05) is 6.20 Å². The number of amides is 1. The summed E-state index contributed by atoms with van der Waals surface area (Å²) in [7, 11) is 0. The number of guanidine groups is 1. The third-order valence-electron chi connectivity index (χ3n) is 4.28. The Balaban J connectivity index is 1.88. The number of aryl methyl sites for hydroxylation is 1. The molecule has 2 aromatic rings. The maximum absolute atomic E-state index is 13.0. The summed E-state index contributed by atoms with van der Waals surface area (Å²) < 4.78 is 29.3. The second-order valence-electron chi connectivity index (χ2n) is 6.11. The lowest BCUT2D eigenvalue weighted by molar-refractivity contribution is -0.131. The van der Waals surface area contributed by atoms with Crippen LogP contribution in [0.25, 0.3) is 0 Å². The van der Waals surface area contributed by atoms with Crippen LogP contribution in [0.3, 0.4) is 0 Å². The van der Waals surface area contributed by atoms with E-state index in [-0.39, 0.29) is 24.2 Å². The fourth-order valence-corrected chi connectivity index (χ4v) is 2.88. The standard InChI is InChI=1S/C18H18F2N4O2/c1-11-9-12(6-7-14(11)26-16(19)20)18(2)15(25)24(17(21)23-18)10-13-5-3-4-8-22-13/h3-9,16H,10H2,1-2H3,(H2,21,23). The molecule has 0 saturated carbocycles. The third kappa shape index (κ3) is 3.22. The number of carbonyl (C=O) groups is 1. The smallest absolute Gasteiger partial charge is 0.387 e. The zero-order valence-corrected chi connectivity index (χ0v) is 14.3. The Hall–Kier alpha value is -3.03. The Morgan fingerprint density at radius 1 is 1.31 bits per heavy atom. The molecule has 2 heterocycles. The van der Waals surface area contributed by atoms with Gasteiger partial charge in [0.25, 0.3) is 5.91 Å². The minimum Gasteiger partial charge on any atom is -0.435 e. The van der Waals surface area contributed by atoms with Crippen LogP contribution in [0.1, 0.15) is 23.7 Å². The monoisotopic (exact) mass is 360 g/mol. The summed E-state index contributed by atoms with van der Waals surface area (Å²) in [5.74, 6) is -0.156. The normalized spacial score (nSPS) is 19.8. The Bertz CT molecular complexity index is 858. The summed E-state index contributed by atoms with van der Waals surface area (Å²) in [6, 6.07) is 9.95. The number of aromatic nitrogens is 1. The molecule has 1 aliphatic rings. The lowest BCUT2D eigenvalue weighted by Gasteiger charge is -2.23. The SMILES string of the molecule is Cc1cc(C2(C)N=C(N)N(Cc3ccccn3)C2=O)ccc1OC(F)F. The molecule has 8 heteroatoms. The molecule has 26 heavy (non-hydrogen) atoms. The molecule has 1 aromatic heterocycles. The lowest BCUT2D eigenvalue weighted by Crippen LogP contribution is -2.41. The van der Waals surface area contributed by atoms with E-state index >= 15 is 0 Å². The van der Waals surface area contributed by atoms with E-state index in [1.54, 1.807) is 44.3 Å². The van der Waals surface area contributed by atoms with E-state index in [2.05, 4.69) is 14.7 Å². The Labute approximate surface area is 149 Å². The molecule has 6 nitrogen and oxygen atoms in total. The molecule has 136 valence electrons. The van der Waals surface area contributed by atoms with Gasteiger partial charge >= 0.3 is 6.61 Å². The number of benzene rings is 1. The number of hydrogen-bond acceptors (Lipinski definition) is 5. The molecule has 0 fully saturated rings. The average molecular weight is 360 g/mol. The van der Waals surface area contributed by atoms with E-state index in [0.717, 1.165) is 0 Å². The highest BCUT2D eigenvalue weighted by Crippen LogP contribution is 2.35. The van der Waals surface area contributed by atoms with Crippen LogP contribution in [0.2, 0.25) is 0 Å². The molecular weight excluding hydrogens is 342 g/mol. The van der Waals surface area contributed by atoms with Gasteiger partial charge in [0.1, 0.15) is 5.75 Å². The van der Waals surface area contributed by atoms with Gasteiger partial charge in [0.2, 0.25) is 0 Å². The van der Waals surface area contributed by atoms with E-state index < -0.39 is 12.2 Å². The van der Waals surface area contributed by atoms with Gasteiger partial charge in [-0.1, -0.05) is 12.1 Å². The number of halogens is 2. The van der Waals surface area contributed by atoms with Crippen molar-refractivity contribution in [3.8, 4) is 5.75 Å². The van der Waals surface area contributed by atoms with E-state index in [4.69, 9.17) is 5.73 Å². The molecule has 1 aliphatic heterocycles. The number of rotatable bonds is 5. The van der Waals surface area contributed by atoms with Crippen LogP contribution in [-0.2, 0) is 16.9 Å². The summed E-state index contributed by atoms with van der Waals surface area (Å²) >= 11 is 0. The Morgan fingerprint density at radius 3 is 2.69 bits per heavy atom. The summed E-state index contributed by atoms with van der Waals surface area (Å²) in [4.78, 5) is 22.9. The average Bonchev–Trinajstić information content (AvgIpc) is 2.81. The first-order valence-electron chi connectivity index (χ1n) is 7.94. The molecule has 0 aliphatic carbocycles. The molecule has 1 aromatic carbocycles. The molecule has 0 saturated heterocycles. The van der Waals surface area contributed by atoms with Gasteiger partial charge in [-0.15, -0.1) is 0 Å². The van der Waals surface area contributed by atoms with Crippen LogP contribution in [0.15, 0.2) is 47.6 Å². The number of nitrogens with zero attached hydrogens (tertiary/aromatic N) is 3. The summed E-state index contributed by atoms with van der Waals surface area (Å²) in [5, 5.41) is 0. The highest BCUT2D eigenvalue weighted by molar-refractivity contribution is 6.06. The molecule has 0 radical (unpaired) electrons. The van der Waals surface area contributed by atoms with Crippen LogP contribution in [0, 0.1) is 6.92 Å². The first-order valence-corrected chi connectivity index (χ1v) is 7.94. The maximum atomic E-state index is 13.0. The van der Waals surface area contributed by atoms with Crippen molar-refractivity contribution in [1.82, 2.24) is 9.88 Å². The second kappa shape index (κ2) is 6.70. The predicted octanol–water partition coefficient (Wildman–Crippen LogP) is 2.56. The largest absolute Gasteiger partial charge is 0.435 e. The molecule has 0 bridgehead atoms. The van der Waals surface area contributed by atoms with Gasteiger partial charge in [-0.3, -0.25) is 14.7 Å². The number of hydrogen-bond donors (Lipinski definition) is 1. The zero-order valence-electron chi connectivity index (χ0n) is 14.3. The molecular formula is C18H18F2N4O2. The first-order chi connectivity index (χ1) is 12.3. The van der Waals surface area contributed by atoms with Crippen molar-refractivity contribution in [2.24, 2.45) is 10.7 Å². The van der Waals surface area contributed by atoms with Crippen LogP contribution < -0.4 is 10.5 Å². The third-order valence-corrected chi connectivity index (χ3v) is 4.28. The zero-order chi connectivity index (χ0) is 18.9. The van der Waals surface area contributed by atoms with Crippen LogP contribution in [0.5, 0.6) is 5.75 Å². The van der Waals surface area contributed by atoms with E-state index in [0.29, 0.717) is 16.8 Å². The van der Waals surface area contributed by atoms with Crippen molar-refractivity contribution in [3.05, 3.63) is 59.4 Å². The number of carbonyl (C=O) groups excluding carboxylic acids is 1. The topological polar surface area (TPSA) is 80.8 Å². The Kier molecular flexibility index (Phi) is 4.58. The van der Waals surface area contributed by atoms with Gasteiger partial charge in [0.15, 0.2) is 11.5 Å². The van der Waals surface area contributed by atoms with Gasteiger partial charge in [-0.25, -0.2) is 4.99 Å². The molecule has 1 atom stereocenters. The molecule has 2 N–H and O–H groups in total. The van der Waals surface area contributed by atoms with Gasteiger partial charge in [0.05, 0.1) is 12.2 Å². The first kappa shape index (κ1) is 17.8. The number of nitrogens with two attached hydrogens (primary N) is 1. The highest BCUT2D eigenvalue weighted by Gasteiger charge is 2.45. The number of alkyl halides is 2. The van der Waals surface area contributed by atoms with Crippen molar-refractivity contribution < 1.29 is 18.3 Å². The summed E-state index contributed by atoms with van der Waals surface area (Å²) in [6.45, 7) is 0.563. The second-order valence-corrected chi connectivity index (χ2v) is 6.11. The van der Waals surface area contributed by atoms with E-state index in [1.165, 1.54) is 11.0 Å². The fourth-order valence-electron chi connectivity index (χ4n) is 2.88. The van der Waals surface area contributed by atoms with E-state index in [9.17, 15) is 13.6 Å². The quantitative estimate of drug-likeness (QED) is 0.889. The van der Waals surface area contributed by atoms with Crippen molar-refractivity contribution in [2.45, 2.75) is 32.5 Å². The molecule has 0 spiro atoms. The fraction of sp³-hybridized carbons (Fsp3) is 0.278. The van der Waals surface area contributed by atoms with Crippen LogP contribution in [0.4, 0.5) is 8.78 Å². The lowest BCUT2D eigenvalue weighted by atomic mass is 9.91. The number of pyridine rings is 1. The van der Waals surface area contributed by atoms with Gasteiger partial charge in [-0.05, 0) is 49.2 Å². The predicted molar refractivity (Wildman–Crippen MR) is 91.6 cm³/mol. The van der Waals surface area contributed by atoms with Crippen LogP contribution in [-0.4, -0.2) is 28.4 Å². The molecule has 1 unspecified atom stereocenters. The van der Waals surface area contributed by atoms with Crippen molar-refractivity contribution in [3.63, 3.8) is 0 Å². The van der Waals surface area contributed by atoms with Gasteiger partial charge in [-0.2, -0.15) is 8.78 Å². The highest BCUT2D eigenvalue weighted by atomic mass is 19.3. The minimum absolute atomic E-state index is 0.0556. The van der Waals surface area contributed by atoms with E-state index in [1.807, 2.05) is 6.07 Å². The maximum Gasteiger partial charge on any atom is 0.387 e. The minimum atomic E-state index is -2.91. The number of aliphatic imine (C=N–C) groups is 1.